The van der Waals surface area contributed by atoms with E-state index in [0.29, 0.717) is 0 Å². The van der Waals surface area contributed by atoms with Crippen LogP contribution in [0.25, 0.3) is 0 Å². The summed E-state index contributed by atoms with van der Waals surface area (Å²) in [6.07, 6.45) is 4.76. The summed E-state index contributed by atoms with van der Waals surface area (Å²) in [5.74, 6) is 1.68. The lowest BCUT2D eigenvalue weighted by molar-refractivity contribution is 0.179. The Balaban J connectivity index is 0.00000280. The predicted molar refractivity (Wildman–Crippen MR) is 132 cm³/mol. The quantitative estimate of drug-likeness (QED) is 0.239. The van der Waals surface area contributed by atoms with Crippen molar-refractivity contribution in [2.45, 2.75) is 32.2 Å². The number of likely N-dealkylation sites (tertiary alicyclic amines) is 1. The number of benzene rings is 1. The van der Waals surface area contributed by atoms with Crippen LogP contribution in [-0.2, 0) is 13.0 Å². The van der Waals surface area contributed by atoms with E-state index in [0.717, 1.165) is 44.4 Å². The number of nitrogens with one attached hydrogen (secondary N) is 2. The zero-order valence-electron chi connectivity index (χ0n) is 16.8. The maximum Gasteiger partial charge on any atom is 0.190 e. The molecule has 1 aliphatic rings. The van der Waals surface area contributed by atoms with E-state index in [-0.39, 0.29) is 24.0 Å². The monoisotopic (exact) mass is 512 g/mol. The molecule has 1 aromatic carbocycles. The van der Waals surface area contributed by atoms with Gasteiger partial charge >= 0.3 is 0 Å². The van der Waals surface area contributed by atoms with Gasteiger partial charge in [-0.1, -0.05) is 36.4 Å². The molecule has 0 atom stereocenters. The van der Waals surface area contributed by atoms with Gasteiger partial charge in [0.2, 0.25) is 0 Å². The Bertz CT molecular complexity index is 667. The first-order valence-corrected chi connectivity index (χ1v) is 10.9. The summed E-state index contributed by atoms with van der Waals surface area (Å²) >= 11 is 1.86. The molecule has 1 saturated heterocycles. The largest absolute Gasteiger partial charge is 0.356 e. The number of aliphatic imine (C=N–C) groups is 1. The molecule has 1 fully saturated rings. The predicted octanol–water partition coefficient (Wildman–Crippen LogP) is 4.38. The molecule has 1 aliphatic heterocycles. The summed E-state index contributed by atoms with van der Waals surface area (Å²) in [6, 6.07) is 15.1. The van der Waals surface area contributed by atoms with Crippen LogP contribution in [0.15, 0.2) is 52.8 Å². The highest BCUT2D eigenvalue weighted by molar-refractivity contribution is 14.0. The second kappa shape index (κ2) is 13.2. The third-order valence-electron chi connectivity index (χ3n) is 5.23. The molecule has 0 unspecified atom stereocenters. The number of thiophene rings is 1. The maximum atomic E-state index is 4.37. The Morgan fingerprint density at radius 3 is 2.57 bits per heavy atom. The smallest absolute Gasteiger partial charge is 0.190 e. The van der Waals surface area contributed by atoms with E-state index in [1.807, 2.05) is 18.4 Å². The molecule has 0 spiro atoms. The molecular formula is C22H33IN4S. The van der Waals surface area contributed by atoms with Gasteiger partial charge in [0, 0.05) is 31.6 Å². The summed E-state index contributed by atoms with van der Waals surface area (Å²) in [5.41, 5.74) is 1.40. The summed E-state index contributed by atoms with van der Waals surface area (Å²) in [7, 11) is 1.86. The Kier molecular flexibility index (Phi) is 10.9. The number of aryl methyl sites for hydroxylation is 1. The Morgan fingerprint density at radius 2 is 1.89 bits per heavy atom. The van der Waals surface area contributed by atoms with E-state index in [1.165, 1.54) is 36.4 Å². The highest BCUT2D eigenvalue weighted by Gasteiger charge is 2.19. The van der Waals surface area contributed by atoms with Gasteiger partial charge in [-0.05, 0) is 61.7 Å². The van der Waals surface area contributed by atoms with Crippen LogP contribution in [0.3, 0.4) is 0 Å². The van der Waals surface area contributed by atoms with Crippen LogP contribution < -0.4 is 10.6 Å². The summed E-state index contributed by atoms with van der Waals surface area (Å²) in [6.45, 7) is 5.49. The van der Waals surface area contributed by atoms with Crippen molar-refractivity contribution >= 4 is 41.3 Å². The van der Waals surface area contributed by atoms with Crippen molar-refractivity contribution in [3.63, 3.8) is 0 Å². The number of piperidine rings is 1. The van der Waals surface area contributed by atoms with Crippen LogP contribution in [0.2, 0.25) is 0 Å². The van der Waals surface area contributed by atoms with Crippen molar-refractivity contribution in [2.24, 2.45) is 10.9 Å². The molecule has 0 radical (unpaired) electrons. The van der Waals surface area contributed by atoms with E-state index >= 15 is 0 Å². The van der Waals surface area contributed by atoms with Crippen LogP contribution in [0, 0.1) is 5.92 Å². The van der Waals surface area contributed by atoms with Crippen LogP contribution in [0.1, 0.15) is 29.7 Å². The molecule has 154 valence electrons. The van der Waals surface area contributed by atoms with E-state index in [9.17, 15) is 0 Å². The molecule has 0 amide bonds. The minimum atomic E-state index is 0. The third-order valence-corrected chi connectivity index (χ3v) is 6.09. The second-order valence-corrected chi connectivity index (χ2v) is 8.30. The first-order chi connectivity index (χ1) is 13.3. The lowest BCUT2D eigenvalue weighted by atomic mass is 9.97. The average Bonchev–Trinajstić information content (AvgIpc) is 3.22. The summed E-state index contributed by atoms with van der Waals surface area (Å²) < 4.78 is 0. The molecule has 28 heavy (non-hydrogen) atoms. The topological polar surface area (TPSA) is 39.7 Å². The molecule has 0 bridgehead atoms. The highest BCUT2D eigenvalue weighted by atomic mass is 127. The summed E-state index contributed by atoms with van der Waals surface area (Å²) in [4.78, 5) is 8.43. The van der Waals surface area contributed by atoms with Crippen molar-refractivity contribution in [1.82, 2.24) is 15.5 Å². The minimum Gasteiger partial charge on any atom is -0.356 e. The lowest BCUT2D eigenvalue weighted by Gasteiger charge is -2.32. The molecule has 6 heteroatoms. The van der Waals surface area contributed by atoms with Gasteiger partial charge < -0.3 is 10.6 Å². The number of hydrogen-bond acceptors (Lipinski definition) is 3. The van der Waals surface area contributed by atoms with Gasteiger partial charge in [0.05, 0.1) is 0 Å². The van der Waals surface area contributed by atoms with Crippen LogP contribution >= 0.6 is 35.3 Å². The second-order valence-electron chi connectivity index (χ2n) is 7.27. The molecule has 0 saturated carbocycles. The molecule has 2 aromatic rings. The van der Waals surface area contributed by atoms with Gasteiger partial charge in [0.25, 0.3) is 0 Å². The Labute approximate surface area is 190 Å². The molecule has 3 rings (SSSR count). The fraction of sp³-hybridized carbons (Fsp3) is 0.500. The van der Waals surface area contributed by atoms with Crippen LogP contribution in [-0.4, -0.2) is 44.1 Å². The number of hydrogen-bond donors (Lipinski definition) is 2. The standard InChI is InChI=1S/C22H32N4S.HI/c1-23-22(24-13-5-9-19-7-3-2-4-8-19)25-17-20-11-14-26(15-12-20)18-21-10-6-16-27-21;/h2-4,6-8,10,16,20H,5,9,11-15,17-18H2,1H3,(H2,23,24,25);1H. The fourth-order valence-corrected chi connectivity index (χ4v) is 4.32. The lowest BCUT2D eigenvalue weighted by Crippen LogP contribution is -2.43. The van der Waals surface area contributed by atoms with Gasteiger partial charge in [0.1, 0.15) is 0 Å². The zero-order chi connectivity index (χ0) is 18.7. The number of guanidine groups is 1. The van der Waals surface area contributed by atoms with Gasteiger partial charge in [-0.2, -0.15) is 0 Å². The molecule has 2 N–H and O–H groups in total. The minimum absolute atomic E-state index is 0. The molecule has 4 nitrogen and oxygen atoms in total. The fourth-order valence-electron chi connectivity index (χ4n) is 3.58. The van der Waals surface area contributed by atoms with Crippen molar-refractivity contribution in [3.05, 3.63) is 58.3 Å². The number of rotatable bonds is 8. The van der Waals surface area contributed by atoms with Crippen LogP contribution in [0.5, 0.6) is 0 Å². The molecular weight excluding hydrogens is 479 g/mol. The number of halogens is 1. The van der Waals surface area contributed by atoms with Crippen molar-refractivity contribution < 1.29 is 0 Å². The van der Waals surface area contributed by atoms with Gasteiger partial charge in [0.15, 0.2) is 5.96 Å². The molecule has 0 aliphatic carbocycles. The molecule has 2 heterocycles. The SMILES string of the molecule is CN=C(NCCCc1ccccc1)NCC1CCN(Cc2cccs2)CC1.I. The van der Waals surface area contributed by atoms with Gasteiger partial charge in [-0.25, -0.2) is 0 Å². The highest BCUT2D eigenvalue weighted by Crippen LogP contribution is 2.20. The van der Waals surface area contributed by atoms with E-state index in [2.05, 4.69) is 68.4 Å². The van der Waals surface area contributed by atoms with Crippen molar-refractivity contribution in [3.8, 4) is 0 Å². The van der Waals surface area contributed by atoms with Crippen LogP contribution in [0.4, 0.5) is 0 Å². The van der Waals surface area contributed by atoms with E-state index in [1.54, 1.807) is 0 Å². The number of nitrogens with zero attached hydrogens (tertiary/aromatic N) is 2. The van der Waals surface area contributed by atoms with Crippen molar-refractivity contribution in [2.75, 3.05) is 33.2 Å². The Morgan fingerprint density at radius 1 is 1.11 bits per heavy atom. The van der Waals surface area contributed by atoms with Gasteiger partial charge in [-0.15, -0.1) is 35.3 Å². The first kappa shape index (κ1) is 23.2. The third kappa shape index (κ3) is 8.09. The van der Waals surface area contributed by atoms with Gasteiger partial charge in [-0.3, -0.25) is 9.89 Å². The zero-order valence-corrected chi connectivity index (χ0v) is 19.9. The normalized spacial score (nSPS) is 15.8. The molecule has 1 aromatic heterocycles. The van der Waals surface area contributed by atoms with E-state index < -0.39 is 0 Å². The first-order valence-electron chi connectivity index (χ1n) is 10.1. The average molecular weight is 513 g/mol. The van der Waals surface area contributed by atoms with Crippen molar-refractivity contribution in [1.29, 1.82) is 0 Å². The van der Waals surface area contributed by atoms with E-state index in [4.69, 9.17) is 0 Å². The summed E-state index contributed by atoms with van der Waals surface area (Å²) in [5, 5.41) is 9.14. The maximum absolute atomic E-state index is 4.37. The Hall–Kier alpha value is -1.12.